The smallest absolute Gasteiger partial charge is 0.0351 e. The van der Waals surface area contributed by atoms with Crippen LogP contribution in [0.4, 0.5) is 0 Å². The van der Waals surface area contributed by atoms with Crippen molar-refractivity contribution in [2.24, 2.45) is 0 Å². The van der Waals surface area contributed by atoms with Crippen LogP contribution in [0.1, 0.15) is 129 Å². The number of unbranched alkanes of at least 4 members (excludes halogenated alkanes) is 16. The Labute approximate surface area is 142 Å². The number of hydrogen-bond donors (Lipinski definition) is 0. The second-order valence-electron chi connectivity index (χ2n) is 7.00. The highest BCUT2D eigenvalue weighted by Crippen LogP contribution is 2.13. The van der Waals surface area contributed by atoms with Crippen molar-refractivity contribution >= 4 is 0 Å². The second kappa shape index (κ2) is 20.7. The van der Waals surface area contributed by atoms with Gasteiger partial charge in [0.1, 0.15) is 0 Å². The van der Waals surface area contributed by atoms with Crippen molar-refractivity contribution in [3.63, 3.8) is 0 Å². The molecule has 0 heteroatoms. The molecule has 0 unspecified atom stereocenters. The van der Waals surface area contributed by atoms with Gasteiger partial charge in [-0.05, 0) is 25.7 Å². The van der Waals surface area contributed by atoms with Crippen LogP contribution in [0.3, 0.4) is 0 Å². The summed E-state index contributed by atoms with van der Waals surface area (Å²) in [5.41, 5.74) is 0. The molecule has 0 nitrogen and oxygen atoms in total. The molecular formula is C22H44. The second-order valence-corrected chi connectivity index (χ2v) is 7.00. The number of allylic oxidation sites excluding steroid dienone is 2. The highest BCUT2D eigenvalue weighted by Gasteiger charge is 1.93. The molecule has 132 valence electrons. The Bertz CT molecular complexity index is 204. The van der Waals surface area contributed by atoms with E-state index in [1.807, 2.05) is 0 Å². The van der Waals surface area contributed by atoms with E-state index in [0.29, 0.717) is 0 Å². The summed E-state index contributed by atoms with van der Waals surface area (Å²) in [7, 11) is 0. The molecule has 0 heterocycles. The monoisotopic (exact) mass is 308 g/mol. The molecule has 0 radical (unpaired) electrons. The van der Waals surface area contributed by atoms with Gasteiger partial charge in [0.05, 0.1) is 0 Å². The summed E-state index contributed by atoms with van der Waals surface area (Å²) in [6.45, 7) is 4.57. The van der Waals surface area contributed by atoms with Gasteiger partial charge in [-0.2, -0.15) is 0 Å². The van der Waals surface area contributed by atoms with Crippen LogP contribution in [0.5, 0.6) is 0 Å². The van der Waals surface area contributed by atoms with Crippen molar-refractivity contribution < 1.29 is 0 Å². The largest absolute Gasteiger partial charge is 0.0885 e. The third kappa shape index (κ3) is 19.7. The van der Waals surface area contributed by atoms with Crippen LogP contribution < -0.4 is 0 Å². The molecule has 0 aliphatic rings. The van der Waals surface area contributed by atoms with E-state index >= 15 is 0 Å². The Balaban J connectivity index is 2.99. The van der Waals surface area contributed by atoms with Gasteiger partial charge in [-0.3, -0.25) is 0 Å². The highest BCUT2D eigenvalue weighted by atomic mass is 14.0. The average molecular weight is 309 g/mol. The normalized spacial score (nSPS) is 11.5. The van der Waals surface area contributed by atoms with Gasteiger partial charge in [-0.1, -0.05) is 116 Å². The fourth-order valence-corrected chi connectivity index (χ4v) is 3.03. The lowest BCUT2D eigenvalue weighted by atomic mass is 10.0. The van der Waals surface area contributed by atoms with Crippen molar-refractivity contribution in [1.82, 2.24) is 0 Å². The van der Waals surface area contributed by atoms with Gasteiger partial charge in [0.25, 0.3) is 0 Å². The molecule has 0 aliphatic heterocycles. The van der Waals surface area contributed by atoms with E-state index in [-0.39, 0.29) is 0 Å². The fourth-order valence-electron chi connectivity index (χ4n) is 3.03. The van der Waals surface area contributed by atoms with Gasteiger partial charge in [0.15, 0.2) is 0 Å². The first-order valence-corrected chi connectivity index (χ1v) is 10.6. The van der Waals surface area contributed by atoms with E-state index in [2.05, 4.69) is 26.0 Å². The highest BCUT2D eigenvalue weighted by molar-refractivity contribution is 4.81. The lowest BCUT2D eigenvalue weighted by molar-refractivity contribution is 0.540. The molecule has 0 spiro atoms. The molecule has 0 rings (SSSR count). The molecule has 0 amide bonds. The predicted molar refractivity (Wildman–Crippen MR) is 104 cm³/mol. The average Bonchev–Trinajstić information content (AvgIpc) is 2.54. The summed E-state index contributed by atoms with van der Waals surface area (Å²) in [4.78, 5) is 0. The van der Waals surface area contributed by atoms with Gasteiger partial charge in [-0.15, -0.1) is 0 Å². The Morgan fingerprint density at radius 3 is 1.05 bits per heavy atom. The summed E-state index contributed by atoms with van der Waals surface area (Å²) in [6.07, 6.45) is 30.4. The zero-order valence-electron chi connectivity index (χ0n) is 15.9. The summed E-state index contributed by atoms with van der Waals surface area (Å²) in [6, 6.07) is 0. The predicted octanol–water partition coefficient (Wildman–Crippen LogP) is 8.60. The first kappa shape index (κ1) is 21.7. The van der Waals surface area contributed by atoms with Gasteiger partial charge >= 0.3 is 0 Å². The number of rotatable bonds is 18. The van der Waals surface area contributed by atoms with Crippen molar-refractivity contribution in [2.45, 2.75) is 129 Å². The van der Waals surface area contributed by atoms with Crippen molar-refractivity contribution in [2.75, 3.05) is 0 Å². The van der Waals surface area contributed by atoms with Crippen LogP contribution in [-0.2, 0) is 0 Å². The van der Waals surface area contributed by atoms with Crippen LogP contribution in [0.15, 0.2) is 12.2 Å². The summed E-state index contributed by atoms with van der Waals surface area (Å²) < 4.78 is 0. The Hall–Kier alpha value is -0.260. The minimum absolute atomic E-state index is 1.30. The molecule has 0 bridgehead atoms. The van der Waals surface area contributed by atoms with Crippen LogP contribution in [0, 0.1) is 0 Å². The van der Waals surface area contributed by atoms with Crippen molar-refractivity contribution in [1.29, 1.82) is 0 Å². The van der Waals surface area contributed by atoms with E-state index in [0.717, 1.165) is 0 Å². The first-order chi connectivity index (χ1) is 10.9. The lowest BCUT2D eigenvalue weighted by Crippen LogP contribution is -1.82. The molecule has 0 saturated heterocycles. The fraction of sp³-hybridized carbons (Fsp3) is 0.909. The van der Waals surface area contributed by atoms with Gasteiger partial charge in [0, 0.05) is 0 Å². The summed E-state index contributed by atoms with van der Waals surface area (Å²) >= 11 is 0. The molecule has 0 fully saturated rings. The van der Waals surface area contributed by atoms with Gasteiger partial charge in [0.2, 0.25) is 0 Å². The summed E-state index contributed by atoms with van der Waals surface area (Å²) in [5, 5.41) is 0. The zero-order valence-corrected chi connectivity index (χ0v) is 15.9. The molecule has 0 N–H and O–H groups in total. The minimum atomic E-state index is 1.30. The van der Waals surface area contributed by atoms with Crippen molar-refractivity contribution in [3.8, 4) is 0 Å². The van der Waals surface area contributed by atoms with Crippen molar-refractivity contribution in [3.05, 3.63) is 12.2 Å². The molecule has 0 aromatic carbocycles. The van der Waals surface area contributed by atoms with Crippen LogP contribution in [-0.4, -0.2) is 0 Å². The molecule has 22 heavy (non-hydrogen) atoms. The van der Waals surface area contributed by atoms with E-state index < -0.39 is 0 Å². The van der Waals surface area contributed by atoms with Gasteiger partial charge in [-0.25, -0.2) is 0 Å². The first-order valence-electron chi connectivity index (χ1n) is 10.6. The molecule has 0 atom stereocenters. The van der Waals surface area contributed by atoms with Gasteiger partial charge < -0.3 is 0 Å². The third-order valence-corrected chi connectivity index (χ3v) is 4.62. The van der Waals surface area contributed by atoms with E-state index in [1.54, 1.807) is 0 Å². The van der Waals surface area contributed by atoms with Crippen LogP contribution in [0.2, 0.25) is 0 Å². The standard InChI is InChI=1S/C22H44/c1-3-5-7-9-11-13-15-17-19-21-22-20-18-16-14-12-10-8-6-4-2/h11,13H,3-10,12,14-22H2,1-2H3. The Kier molecular flexibility index (Phi) is 20.5. The van der Waals surface area contributed by atoms with E-state index in [4.69, 9.17) is 0 Å². The molecule has 0 aromatic rings. The molecule has 0 saturated carbocycles. The Morgan fingerprint density at radius 2 is 0.636 bits per heavy atom. The van der Waals surface area contributed by atoms with E-state index in [9.17, 15) is 0 Å². The van der Waals surface area contributed by atoms with E-state index in [1.165, 1.54) is 116 Å². The quantitative estimate of drug-likeness (QED) is 0.176. The maximum absolute atomic E-state index is 2.41. The SMILES string of the molecule is CCCCCC=CCCCCCCCCCCCCCCC. The maximum atomic E-state index is 2.41. The maximum Gasteiger partial charge on any atom is -0.0351 e. The summed E-state index contributed by atoms with van der Waals surface area (Å²) in [5.74, 6) is 0. The molecule has 0 aromatic heterocycles. The third-order valence-electron chi connectivity index (χ3n) is 4.62. The zero-order chi connectivity index (χ0) is 16.1. The topological polar surface area (TPSA) is 0 Å². The van der Waals surface area contributed by atoms with Crippen LogP contribution >= 0.6 is 0 Å². The minimum Gasteiger partial charge on any atom is -0.0885 e. The van der Waals surface area contributed by atoms with Crippen LogP contribution in [0.25, 0.3) is 0 Å². The number of hydrogen-bond acceptors (Lipinski definition) is 0. The molecule has 0 aliphatic carbocycles. The lowest BCUT2D eigenvalue weighted by Gasteiger charge is -2.02. The Morgan fingerprint density at radius 1 is 0.364 bits per heavy atom. The molecular weight excluding hydrogens is 264 g/mol.